The fraction of sp³-hybridized carbons (Fsp3) is 0.857. The summed E-state index contributed by atoms with van der Waals surface area (Å²) in [6, 6.07) is 0. The third-order valence-corrected chi connectivity index (χ3v) is 1.42. The molecule has 0 unspecified atom stereocenters. The summed E-state index contributed by atoms with van der Waals surface area (Å²) in [7, 11) is 0. The number of carbonyl (C=O) groups is 2. The molecule has 0 atom stereocenters. The topological polar surface area (TPSA) is 52.6 Å². The van der Waals surface area contributed by atoms with Gasteiger partial charge in [0.2, 0.25) is 0 Å². The van der Waals surface area contributed by atoms with E-state index in [9.17, 15) is 9.59 Å². The van der Waals surface area contributed by atoms with Gasteiger partial charge in [-0.25, -0.2) is 0 Å². The molecular weight excluding hydrogens is 232 g/mol. The van der Waals surface area contributed by atoms with Crippen molar-refractivity contribution in [2.45, 2.75) is 55.4 Å². The lowest BCUT2D eigenvalue weighted by Gasteiger charge is -2.16. The van der Waals surface area contributed by atoms with E-state index in [0.29, 0.717) is 13.2 Å². The molecule has 0 aromatic heterocycles. The van der Waals surface area contributed by atoms with E-state index in [0.717, 1.165) is 0 Å². The molecular formula is C14H28O4. The highest BCUT2D eigenvalue weighted by molar-refractivity contribution is 5.66. The van der Waals surface area contributed by atoms with Crippen molar-refractivity contribution in [3.8, 4) is 0 Å². The normalized spacial score (nSPS) is 11.1. The van der Waals surface area contributed by atoms with Crippen LogP contribution in [0.3, 0.4) is 0 Å². The Balaban J connectivity index is 0. The molecule has 0 aromatic carbocycles. The number of hydrogen-bond donors (Lipinski definition) is 0. The van der Waals surface area contributed by atoms with Crippen LogP contribution in [0, 0.1) is 10.8 Å². The summed E-state index contributed by atoms with van der Waals surface area (Å²) in [4.78, 5) is 20.5. The molecule has 4 nitrogen and oxygen atoms in total. The van der Waals surface area contributed by atoms with E-state index < -0.39 is 0 Å². The Morgan fingerprint density at radius 1 is 0.722 bits per heavy atom. The molecule has 108 valence electrons. The van der Waals surface area contributed by atoms with E-state index in [1.54, 1.807) is 0 Å². The summed E-state index contributed by atoms with van der Waals surface area (Å²) < 4.78 is 9.53. The molecule has 0 radical (unpaired) electrons. The Morgan fingerprint density at radius 3 is 1.00 bits per heavy atom. The molecule has 0 saturated carbocycles. The quantitative estimate of drug-likeness (QED) is 0.715. The molecule has 0 aliphatic rings. The summed E-state index contributed by atoms with van der Waals surface area (Å²) >= 11 is 0. The first-order chi connectivity index (χ1) is 7.83. The van der Waals surface area contributed by atoms with Gasteiger partial charge in [0.15, 0.2) is 0 Å². The zero-order chi connectivity index (χ0) is 15.0. The van der Waals surface area contributed by atoms with Gasteiger partial charge in [-0.3, -0.25) is 9.59 Å². The Labute approximate surface area is 111 Å². The highest BCUT2D eigenvalue weighted by Crippen LogP contribution is 2.12. The van der Waals surface area contributed by atoms with Gasteiger partial charge in [-0.2, -0.15) is 0 Å². The van der Waals surface area contributed by atoms with Crippen LogP contribution in [-0.4, -0.2) is 25.2 Å². The second kappa shape index (κ2) is 8.11. The van der Waals surface area contributed by atoms with Crippen LogP contribution in [0.2, 0.25) is 0 Å². The Morgan fingerprint density at radius 2 is 0.944 bits per heavy atom. The summed E-state index contributed by atoms with van der Waals surface area (Å²) in [6.45, 7) is 16.0. The maximum atomic E-state index is 10.3. The minimum atomic E-state index is -0.204. The van der Waals surface area contributed by atoms with Crippen molar-refractivity contribution in [2.75, 3.05) is 13.2 Å². The number of carbonyl (C=O) groups excluding carboxylic acids is 2. The van der Waals surface area contributed by atoms with E-state index in [2.05, 4.69) is 0 Å². The summed E-state index contributed by atoms with van der Waals surface area (Å²) in [6.07, 6.45) is 0. The van der Waals surface area contributed by atoms with Gasteiger partial charge in [-0.1, -0.05) is 41.5 Å². The largest absolute Gasteiger partial charge is 0.465 e. The minimum Gasteiger partial charge on any atom is -0.465 e. The molecule has 18 heavy (non-hydrogen) atoms. The molecule has 0 fully saturated rings. The van der Waals surface area contributed by atoms with Crippen molar-refractivity contribution in [2.24, 2.45) is 10.8 Å². The molecule has 0 heterocycles. The van der Waals surface area contributed by atoms with Gasteiger partial charge in [0, 0.05) is 13.8 Å². The first-order valence-corrected chi connectivity index (χ1v) is 6.10. The van der Waals surface area contributed by atoms with E-state index in [-0.39, 0.29) is 22.8 Å². The van der Waals surface area contributed by atoms with Crippen molar-refractivity contribution in [3.63, 3.8) is 0 Å². The Bertz CT molecular complexity index is 228. The van der Waals surface area contributed by atoms with Crippen molar-refractivity contribution in [1.29, 1.82) is 0 Å². The fourth-order valence-electron chi connectivity index (χ4n) is 0.636. The van der Waals surface area contributed by atoms with Crippen molar-refractivity contribution in [1.82, 2.24) is 0 Å². The highest BCUT2D eigenvalue weighted by Gasteiger charge is 2.11. The molecule has 0 amide bonds. The fourth-order valence-corrected chi connectivity index (χ4v) is 0.636. The minimum absolute atomic E-state index is 0.0890. The monoisotopic (exact) mass is 260 g/mol. The van der Waals surface area contributed by atoms with Crippen LogP contribution in [0.1, 0.15) is 55.4 Å². The zero-order valence-electron chi connectivity index (χ0n) is 13.0. The van der Waals surface area contributed by atoms with E-state index in [1.807, 2.05) is 41.5 Å². The van der Waals surface area contributed by atoms with Crippen LogP contribution in [-0.2, 0) is 19.1 Å². The molecule has 0 aliphatic carbocycles. The van der Waals surface area contributed by atoms with E-state index in [1.165, 1.54) is 13.8 Å². The number of rotatable bonds is 2. The Hall–Kier alpha value is -1.06. The average Bonchev–Trinajstić information content (AvgIpc) is 2.10. The first-order valence-electron chi connectivity index (χ1n) is 6.10. The van der Waals surface area contributed by atoms with Gasteiger partial charge in [0.1, 0.15) is 0 Å². The standard InChI is InChI=1S/2C7H14O2/c2*1-6(8)9-5-7(2,3)4/h2*5H2,1-4H3. The van der Waals surface area contributed by atoms with Crippen LogP contribution in [0.5, 0.6) is 0 Å². The summed E-state index contributed by atoms with van der Waals surface area (Å²) in [5, 5.41) is 0. The number of hydrogen-bond acceptors (Lipinski definition) is 4. The van der Waals surface area contributed by atoms with Crippen LogP contribution in [0.25, 0.3) is 0 Å². The van der Waals surface area contributed by atoms with E-state index in [4.69, 9.17) is 9.47 Å². The third kappa shape index (κ3) is 24.3. The van der Waals surface area contributed by atoms with Gasteiger partial charge in [-0.15, -0.1) is 0 Å². The smallest absolute Gasteiger partial charge is 0.302 e. The lowest BCUT2D eigenvalue weighted by Crippen LogP contribution is -2.16. The SMILES string of the molecule is CC(=O)OCC(C)(C)C.CC(=O)OCC(C)(C)C. The molecule has 0 aliphatic heterocycles. The lowest BCUT2D eigenvalue weighted by molar-refractivity contribution is -0.144. The van der Waals surface area contributed by atoms with Crippen molar-refractivity contribution in [3.05, 3.63) is 0 Å². The first kappa shape index (κ1) is 19.3. The van der Waals surface area contributed by atoms with Crippen LogP contribution in [0.4, 0.5) is 0 Å². The number of esters is 2. The average molecular weight is 260 g/mol. The molecule has 0 rings (SSSR count). The van der Waals surface area contributed by atoms with Crippen molar-refractivity contribution >= 4 is 11.9 Å². The number of ether oxygens (including phenoxy) is 2. The van der Waals surface area contributed by atoms with Crippen LogP contribution >= 0.6 is 0 Å². The summed E-state index contributed by atoms with van der Waals surface area (Å²) in [5.41, 5.74) is 0.178. The van der Waals surface area contributed by atoms with Gasteiger partial charge in [-0.05, 0) is 10.8 Å². The molecule has 0 saturated heterocycles. The van der Waals surface area contributed by atoms with Crippen LogP contribution < -0.4 is 0 Å². The second-order valence-corrected chi connectivity index (χ2v) is 6.68. The second-order valence-electron chi connectivity index (χ2n) is 6.68. The maximum absolute atomic E-state index is 10.3. The van der Waals surface area contributed by atoms with Crippen LogP contribution in [0.15, 0.2) is 0 Å². The zero-order valence-corrected chi connectivity index (χ0v) is 13.0. The van der Waals surface area contributed by atoms with Gasteiger partial charge < -0.3 is 9.47 Å². The lowest BCUT2D eigenvalue weighted by atomic mass is 9.99. The molecule has 0 bridgehead atoms. The molecule has 0 spiro atoms. The maximum Gasteiger partial charge on any atom is 0.302 e. The molecule has 0 aromatic rings. The van der Waals surface area contributed by atoms with Gasteiger partial charge in [0.05, 0.1) is 13.2 Å². The molecule has 4 heteroatoms. The third-order valence-electron chi connectivity index (χ3n) is 1.42. The molecule has 0 N–H and O–H groups in total. The van der Waals surface area contributed by atoms with Crippen molar-refractivity contribution < 1.29 is 19.1 Å². The van der Waals surface area contributed by atoms with Gasteiger partial charge >= 0.3 is 11.9 Å². The Kier molecular flexibility index (Phi) is 8.69. The summed E-state index contributed by atoms with van der Waals surface area (Å²) in [5.74, 6) is -0.408. The van der Waals surface area contributed by atoms with Gasteiger partial charge in [0.25, 0.3) is 0 Å². The van der Waals surface area contributed by atoms with E-state index >= 15 is 0 Å². The predicted molar refractivity (Wildman–Crippen MR) is 72.2 cm³/mol. The highest BCUT2D eigenvalue weighted by atomic mass is 16.5. The predicted octanol–water partition coefficient (Wildman–Crippen LogP) is 3.19.